The molecule has 2 aromatic carbocycles. The van der Waals surface area contributed by atoms with Crippen molar-refractivity contribution in [3.63, 3.8) is 0 Å². The van der Waals surface area contributed by atoms with Crippen LogP contribution in [0.4, 0.5) is 10.1 Å². The summed E-state index contributed by atoms with van der Waals surface area (Å²) in [6.07, 6.45) is 0. The van der Waals surface area contributed by atoms with Gasteiger partial charge in [-0.15, -0.1) is 0 Å². The highest BCUT2D eigenvalue weighted by Crippen LogP contribution is 2.26. The first-order chi connectivity index (χ1) is 12.1. The van der Waals surface area contributed by atoms with Crippen molar-refractivity contribution in [1.29, 1.82) is 0 Å². The summed E-state index contributed by atoms with van der Waals surface area (Å²) in [4.78, 5) is 21.3. The Morgan fingerprint density at radius 1 is 1.16 bits per heavy atom. The summed E-state index contributed by atoms with van der Waals surface area (Å²) in [6, 6.07) is 10.7. The van der Waals surface area contributed by atoms with Crippen molar-refractivity contribution in [3.8, 4) is 11.4 Å². The molecule has 1 fully saturated rings. The molecule has 25 heavy (non-hydrogen) atoms. The van der Waals surface area contributed by atoms with Crippen molar-refractivity contribution in [1.82, 2.24) is 9.97 Å². The molecule has 0 radical (unpaired) electrons. The van der Waals surface area contributed by atoms with Gasteiger partial charge >= 0.3 is 0 Å². The van der Waals surface area contributed by atoms with E-state index in [9.17, 15) is 9.18 Å². The van der Waals surface area contributed by atoms with E-state index in [1.54, 1.807) is 6.07 Å². The summed E-state index contributed by atoms with van der Waals surface area (Å²) < 4.78 is 19.2. The number of halogens is 1. The average molecular weight is 340 g/mol. The number of ether oxygens (including phenoxy) is 1. The van der Waals surface area contributed by atoms with Gasteiger partial charge in [0, 0.05) is 24.3 Å². The van der Waals surface area contributed by atoms with E-state index in [4.69, 9.17) is 10.5 Å². The van der Waals surface area contributed by atoms with Crippen molar-refractivity contribution >= 4 is 22.6 Å². The number of carbonyl (C=O) groups is 1. The van der Waals surface area contributed by atoms with Gasteiger partial charge in [-0.1, -0.05) is 0 Å². The Labute approximate surface area is 143 Å². The van der Waals surface area contributed by atoms with Gasteiger partial charge in [-0.3, -0.25) is 4.79 Å². The van der Waals surface area contributed by atoms with Gasteiger partial charge in [0.05, 0.1) is 18.7 Å². The van der Waals surface area contributed by atoms with Gasteiger partial charge in [0.25, 0.3) is 5.91 Å². The second-order valence-corrected chi connectivity index (χ2v) is 5.91. The number of carbonyl (C=O) groups excluding carboxylic acids is 1. The van der Waals surface area contributed by atoms with Crippen LogP contribution in [0.15, 0.2) is 36.4 Å². The van der Waals surface area contributed by atoms with E-state index < -0.39 is 11.7 Å². The number of nitrogens with one attached hydrogen (secondary N) is 1. The smallest absolute Gasteiger partial charge is 0.253 e. The predicted molar refractivity (Wildman–Crippen MR) is 93.0 cm³/mol. The van der Waals surface area contributed by atoms with Gasteiger partial charge in [-0.05, 0) is 36.4 Å². The number of amides is 1. The molecule has 128 valence electrons. The SMILES string of the molecule is NC(=O)c1c(F)ccc2[nH]c(-c3ccc(N4CCOCC4)cc3)nc12. The van der Waals surface area contributed by atoms with Crippen molar-refractivity contribution in [2.24, 2.45) is 5.73 Å². The lowest BCUT2D eigenvalue weighted by molar-refractivity contribution is 0.0998. The van der Waals surface area contributed by atoms with E-state index >= 15 is 0 Å². The number of hydrogen-bond acceptors (Lipinski definition) is 4. The van der Waals surface area contributed by atoms with Gasteiger partial charge < -0.3 is 20.4 Å². The number of anilines is 1. The summed E-state index contributed by atoms with van der Waals surface area (Å²) in [6.45, 7) is 3.19. The Hall–Kier alpha value is -2.93. The molecule has 1 aliphatic rings. The zero-order chi connectivity index (χ0) is 17.4. The molecule has 0 aliphatic carbocycles. The van der Waals surface area contributed by atoms with Gasteiger partial charge in [0.2, 0.25) is 0 Å². The third kappa shape index (κ3) is 2.83. The fraction of sp³-hybridized carbons (Fsp3) is 0.222. The van der Waals surface area contributed by atoms with Crippen LogP contribution in [0, 0.1) is 5.82 Å². The first kappa shape index (κ1) is 15.6. The normalized spacial score (nSPS) is 14.8. The monoisotopic (exact) mass is 340 g/mol. The summed E-state index contributed by atoms with van der Waals surface area (Å²) in [5.74, 6) is -0.929. The van der Waals surface area contributed by atoms with Crippen molar-refractivity contribution in [2.45, 2.75) is 0 Å². The van der Waals surface area contributed by atoms with Crippen LogP contribution in [-0.2, 0) is 4.74 Å². The Kier molecular flexibility index (Phi) is 3.85. The molecule has 3 N–H and O–H groups in total. The molecule has 1 amide bonds. The number of imidazole rings is 1. The molecule has 3 aromatic rings. The second-order valence-electron chi connectivity index (χ2n) is 5.91. The van der Waals surface area contributed by atoms with Crippen molar-refractivity contribution in [2.75, 3.05) is 31.2 Å². The molecular weight excluding hydrogens is 323 g/mol. The van der Waals surface area contributed by atoms with Crippen LogP contribution >= 0.6 is 0 Å². The summed E-state index contributed by atoms with van der Waals surface area (Å²) in [5, 5.41) is 0. The molecule has 6 nitrogen and oxygen atoms in total. The third-order valence-corrected chi connectivity index (χ3v) is 4.37. The fourth-order valence-electron chi connectivity index (χ4n) is 3.07. The maximum absolute atomic E-state index is 13.9. The number of fused-ring (bicyclic) bond motifs is 1. The zero-order valence-corrected chi connectivity index (χ0v) is 13.5. The lowest BCUT2D eigenvalue weighted by Crippen LogP contribution is -2.36. The van der Waals surface area contributed by atoms with Gasteiger partial charge in [-0.25, -0.2) is 9.37 Å². The van der Waals surface area contributed by atoms with Crippen molar-refractivity contribution < 1.29 is 13.9 Å². The number of aromatic nitrogens is 2. The van der Waals surface area contributed by atoms with E-state index in [1.807, 2.05) is 24.3 Å². The molecule has 1 saturated heterocycles. The minimum absolute atomic E-state index is 0.190. The van der Waals surface area contributed by atoms with Crippen LogP contribution in [0.3, 0.4) is 0 Å². The van der Waals surface area contributed by atoms with Gasteiger partial charge in [0.15, 0.2) is 0 Å². The minimum Gasteiger partial charge on any atom is -0.378 e. The summed E-state index contributed by atoms with van der Waals surface area (Å²) in [5.41, 5.74) is 7.88. The minimum atomic E-state index is -0.830. The van der Waals surface area contributed by atoms with Crippen LogP contribution in [0.2, 0.25) is 0 Å². The number of morpholine rings is 1. The standard InChI is InChI=1S/C18H17FN4O2/c19-13-5-6-14-16(15(13)17(20)24)22-18(21-14)11-1-3-12(4-2-11)23-7-9-25-10-8-23/h1-6H,7-10H2,(H2,20,24)(H,21,22). The third-order valence-electron chi connectivity index (χ3n) is 4.37. The molecule has 2 heterocycles. The lowest BCUT2D eigenvalue weighted by atomic mass is 10.1. The average Bonchev–Trinajstić information content (AvgIpc) is 3.06. The molecule has 1 aromatic heterocycles. The first-order valence-corrected chi connectivity index (χ1v) is 8.04. The molecule has 1 aliphatic heterocycles. The Morgan fingerprint density at radius 3 is 2.56 bits per heavy atom. The van der Waals surface area contributed by atoms with Crippen LogP contribution in [0.5, 0.6) is 0 Å². The summed E-state index contributed by atoms with van der Waals surface area (Å²) in [7, 11) is 0. The number of nitrogens with zero attached hydrogens (tertiary/aromatic N) is 2. The van der Waals surface area contributed by atoms with E-state index in [-0.39, 0.29) is 11.1 Å². The number of hydrogen-bond donors (Lipinski definition) is 2. The topological polar surface area (TPSA) is 84.2 Å². The zero-order valence-electron chi connectivity index (χ0n) is 13.5. The highest BCUT2D eigenvalue weighted by atomic mass is 19.1. The Bertz CT molecular complexity index is 930. The second kappa shape index (κ2) is 6.18. The van der Waals surface area contributed by atoms with Crippen LogP contribution in [0.25, 0.3) is 22.4 Å². The van der Waals surface area contributed by atoms with E-state index in [0.29, 0.717) is 11.3 Å². The number of primary amides is 1. The van der Waals surface area contributed by atoms with Crippen LogP contribution < -0.4 is 10.6 Å². The number of H-pyrrole nitrogens is 1. The first-order valence-electron chi connectivity index (χ1n) is 8.04. The number of rotatable bonds is 3. The molecule has 7 heteroatoms. The molecule has 4 rings (SSSR count). The highest BCUT2D eigenvalue weighted by molar-refractivity contribution is 6.04. The van der Waals surface area contributed by atoms with Crippen molar-refractivity contribution in [3.05, 3.63) is 47.8 Å². The van der Waals surface area contributed by atoms with E-state index in [0.717, 1.165) is 37.6 Å². The van der Waals surface area contributed by atoms with Gasteiger partial charge in [-0.2, -0.15) is 0 Å². The Balaban J connectivity index is 1.70. The number of benzene rings is 2. The van der Waals surface area contributed by atoms with E-state index in [1.165, 1.54) is 6.07 Å². The molecule has 0 spiro atoms. The quantitative estimate of drug-likeness (QED) is 0.766. The lowest BCUT2D eigenvalue weighted by Gasteiger charge is -2.28. The van der Waals surface area contributed by atoms with E-state index in [2.05, 4.69) is 14.9 Å². The number of nitrogens with two attached hydrogens (primary N) is 1. The van der Waals surface area contributed by atoms with Gasteiger partial charge in [0.1, 0.15) is 22.7 Å². The predicted octanol–water partition coefficient (Wildman–Crippen LogP) is 2.30. The maximum atomic E-state index is 13.9. The molecule has 0 atom stereocenters. The number of aromatic amines is 1. The molecular formula is C18H17FN4O2. The highest BCUT2D eigenvalue weighted by Gasteiger charge is 2.17. The fourth-order valence-corrected chi connectivity index (χ4v) is 3.07. The molecule has 0 saturated carbocycles. The maximum Gasteiger partial charge on any atom is 0.253 e. The summed E-state index contributed by atoms with van der Waals surface area (Å²) >= 11 is 0. The largest absolute Gasteiger partial charge is 0.378 e. The molecule has 0 bridgehead atoms. The van der Waals surface area contributed by atoms with Crippen LogP contribution in [-0.4, -0.2) is 42.2 Å². The van der Waals surface area contributed by atoms with Crippen LogP contribution in [0.1, 0.15) is 10.4 Å². The Morgan fingerprint density at radius 2 is 1.88 bits per heavy atom. The molecule has 0 unspecified atom stereocenters.